The Labute approximate surface area is 128 Å². The van der Waals surface area contributed by atoms with Gasteiger partial charge in [-0.3, -0.25) is 9.69 Å². The molecule has 0 aromatic heterocycles. The molecule has 2 aliphatic heterocycles. The molecule has 0 aromatic rings. The fourth-order valence-electron chi connectivity index (χ4n) is 3.67. The Balaban J connectivity index is 1.85. The summed E-state index contributed by atoms with van der Waals surface area (Å²) in [5.74, 6) is 0.0995. The molecule has 21 heavy (non-hydrogen) atoms. The summed E-state index contributed by atoms with van der Waals surface area (Å²) >= 11 is 0. The minimum Gasteiger partial charge on any atom is -0.388 e. The highest BCUT2D eigenvalue weighted by Crippen LogP contribution is 2.24. The van der Waals surface area contributed by atoms with E-state index in [1.54, 1.807) is 6.92 Å². The third-order valence-corrected chi connectivity index (χ3v) is 4.81. The van der Waals surface area contributed by atoms with Gasteiger partial charge in [-0.2, -0.15) is 0 Å². The predicted octanol–water partition coefficient (Wildman–Crippen LogP) is 0.870. The highest BCUT2D eigenvalue weighted by Gasteiger charge is 2.36. The van der Waals surface area contributed by atoms with Gasteiger partial charge in [-0.1, -0.05) is 13.3 Å². The van der Waals surface area contributed by atoms with E-state index in [2.05, 4.69) is 15.5 Å². The summed E-state index contributed by atoms with van der Waals surface area (Å²) < 4.78 is 0. The van der Waals surface area contributed by atoms with Crippen molar-refractivity contribution in [3.05, 3.63) is 0 Å². The van der Waals surface area contributed by atoms with Crippen molar-refractivity contribution in [1.29, 1.82) is 0 Å². The Morgan fingerprint density at radius 2 is 2.10 bits per heavy atom. The molecule has 2 unspecified atom stereocenters. The monoisotopic (exact) mass is 297 g/mol. The largest absolute Gasteiger partial charge is 0.388 e. The van der Waals surface area contributed by atoms with E-state index in [0.29, 0.717) is 12.6 Å². The van der Waals surface area contributed by atoms with Crippen molar-refractivity contribution < 1.29 is 9.90 Å². The van der Waals surface area contributed by atoms with E-state index in [1.807, 2.05) is 6.92 Å². The number of carbonyl (C=O) groups is 1. The van der Waals surface area contributed by atoms with E-state index in [4.69, 9.17) is 0 Å². The van der Waals surface area contributed by atoms with Gasteiger partial charge in [0, 0.05) is 12.6 Å². The molecule has 122 valence electrons. The Hall–Kier alpha value is -0.650. The third kappa shape index (κ3) is 4.66. The van der Waals surface area contributed by atoms with Crippen LogP contribution in [0.1, 0.15) is 52.4 Å². The van der Waals surface area contributed by atoms with Gasteiger partial charge in [-0.05, 0) is 58.7 Å². The maximum absolute atomic E-state index is 12.5. The second kappa shape index (κ2) is 7.56. The van der Waals surface area contributed by atoms with Crippen LogP contribution in [0.15, 0.2) is 0 Å². The van der Waals surface area contributed by atoms with Crippen molar-refractivity contribution in [1.82, 2.24) is 15.5 Å². The fraction of sp³-hybridized carbons (Fsp3) is 0.938. The predicted molar refractivity (Wildman–Crippen MR) is 84.2 cm³/mol. The number of amides is 1. The van der Waals surface area contributed by atoms with Crippen molar-refractivity contribution in [3.8, 4) is 0 Å². The molecule has 0 aromatic carbocycles. The van der Waals surface area contributed by atoms with Gasteiger partial charge in [0.1, 0.15) is 0 Å². The van der Waals surface area contributed by atoms with Crippen LogP contribution in [-0.2, 0) is 4.79 Å². The lowest BCUT2D eigenvalue weighted by molar-refractivity contribution is -0.127. The molecule has 0 spiro atoms. The average Bonchev–Trinajstić information content (AvgIpc) is 2.95. The number of rotatable bonds is 6. The molecular formula is C16H31N3O2. The standard InChI is InChI=1S/C16H31N3O2/c1-3-8-16(2,21)12-18-15(20)14-5-4-11-19(14)13-6-9-17-10-7-13/h13-14,17,21H,3-12H2,1-2H3,(H,18,20). The minimum absolute atomic E-state index is 0.00512. The topological polar surface area (TPSA) is 64.6 Å². The van der Waals surface area contributed by atoms with Gasteiger partial charge in [-0.25, -0.2) is 0 Å². The molecule has 5 nitrogen and oxygen atoms in total. The normalized spacial score (nSPS) is 27.5. The number of nitrogens with zero attached hydrogens (tertiary/aromatic N) is 1. The van der Waals surface area contributed by atoms with E-state index < -0.39 is 5.60 Å². The Morgan fingerprint density at radius 1 is 1.38 bits per heavy atom. The van der Waals surface area contributed by atoms with E-state index in [-0.39, 0.29) is 11.9 Å². The lowest BCUT2D eigenvalue weighted by Crippen LogP contribution is -2.52. The number of piperidine rings is 1. The zero-order valence-corrected chi connectivity index (χ0v) is 13.5. The number of hydrogen-bond donors (Lipinski definition) is 3. The first-order chi connectivity index (χ1) is 10.0. The first-order valence-electron chi connectivity index (χ1n) is 8.50. The molecule has 0 aliphatic carbocycles. The summed E-state index contributed by atoms with van der Waals surface area (Å²) in [6.45, 7) is 7.36. The Morgan fingerprint density at radius 3 is 2.76 bits per heavy atom. The van der Waals surface area contributed by atoms with Crippen molar-refractivity contribution in [2.45, 2.75) is 70.1 Å². The highest BCUT2D eigenvalue weighted by atomic mass is 16.3. The molecule has 3 N–H and O–H groups in total. The van der Waals surface area contributed by atoms with Crippen molar-refractivity contribution in [3.63, 3.8) is 0 Å². The van der Waals surface area contributed by atoms with E-state index >= 15 is 0 Å². The first kappa shape index (κ1) is 16.7. The van der Waals surface area contributed by atoms with E-state index in [1.165, 1.54) is 0 Å². The van der Waals surface area contributed by atoms with Gasteiger partial charge in [-0.15, -0.1) is 0 Å². The van der Waals surface area contributed by atoms with Crippen LogP contribution >= 0.6 is 0 Å². The van der Waals surface area contributed by atoms with Crippen LogP contribution in [0.4, 0.5) is 0 Å². The Bertz CT molecular complexity index is 340. The minimum atomic E-state index is -0.789. The SMILES string of the molecule is CCCC(C)(O)CNC(=O)C1CCCN1C1CCNCC1. The molecule has 1 amide bonds. The first-order valence-corrected chi connectivity index (χ1v) is 8.50. The number of nitrogens with one attached hydrogen (secondary N) is 2. The van der Waals surface area contributed by atoms with E-state index in [9.17, 15) is 9.90 Å². The summed E-state index contributed by atoms with van der Waals surface area (Å²) in [7, 11) is 0. The van der Waals surface area contributed by atoms with Gasteiger partial charge in [0.2, 0.25) is 5.91 Å². The molecule has 0 radical (unpaired) electrons. The lowest BCUT2D eigenvalue weighted by Gasteiger charge is -2.35. The van der Waals surface area contributed by atoms with Gasteiger partial charge in [0.05, 0.1) is 11.6 Å². The maximum Gasteiger partial charge on any atom is 0.237 e. The van der Waals surface area contributed by atoms with Crippen LogP contribution in [0.5, 0.6) is 0 Å². The van der Waals surface area contributed by atoms with Crippen LogP contribution < -0.4 is 10.6 Å². The van der Waals surface area contributed by atoms with Crippen molar-refractivity contribution in [2.75, 3.05) is 26.2 Å². The van der Waals surface area contributed by atoms with Gasteiger partial charge in [0.25, 0.3) is 0 Å². The van der Waals surface area contributed by atoms with Crippen molar-refractivity contribution >= 4 is 5.91 Å². The molecule has 0 saturated carbocycles. The maximum atomic E-state index is 12.5. The highest BCUT2D eigenvalue weighted by molar-refractivity contribution is 5.82. The molecule has 2 heterocycles. The van der Waals surface area contributed by atoms with Crippen LogP contribution in [0.3, 0.4) is 0 Å². The molecule has 2 atom stereocenters. The quantitative estimate of drug-likeness (QED) is 0.681. The van der Waals surface area contributed by atoms with Crippen molar-refractivity contribution in [2.24, 2.45) is 0 Å². The second-order valence-electron chi connectivity index (χ2n) is 6.84. The smallest absolute Gasteiger partial charge is 0.237 e. The van der Waals surface area contributed by atoms with Gasteiger partial charge < -0.3 is 15.7 Å². The van der Waals surface area contributed by atoms with Crippen LogP contribution in [0.2, 0.25) is 0 Å². The molecule has 2 saturated heterocycles. The number of carbonyl (C=O) groups excluding carboxylic acids is 1. The number of likely N-dealkylation sites (tertiary alicyclic amines) is 1. The zero-order valence-electron chi connectivity index (χ0n) is 13.5. The van der Waals surface area contributed by atoms with Gasteiger partial charge in [0.15, 0.2) is 0 Å². The third-order valence-electron chi connectivity index (χ3n) is 4.81. The molecule has 2 aliphatic rings. The number of hydrogen-bond acceptors (Lipinski definition) is 4. The average molecular weight is 297 g/mol. The molecule has 2 fully saturated rings. The summed E-state index contributed by atoms with van der Waals surface area (Å²) in [6.07, 6.45) is 5.97. The summed E-state index contributed by atoms with van der Waals surface area (Å²) in [4.78, 5) is 14.9. The zero-order chi connectivity index (χ0) is 15.3. The Kier molecular flexibility index (Phi) is 6.02. The van der Waals surface area contributed by atoms with E-state index in [0.717, 1.165) is 58.2 Å². The summed E-state index contributed by atoms with van der Waals surface area (Å²) in [6, 6.07) is 0.547. The fourth-order valence-corrected chi connectivity index (χ4v) is 3.67. The molecule has 2 rings (SSSR count). The molecule has 0 bridgehead atoms. The molecule has 5 heteroatoms. The number of aliphatic hydroxyl groups is 1. The van der Waals surface area contributed by atoms with Crippen LogP contribution in [0.25, 0.3) is 0 Å². The summed E-state index contributed by atoms with van der Waals surface area (Å²) in [5.41, 5.74) is -0.789. The summed E-state index contributed by atoms with van der Waals surface area (Å²) in [5, 5.41) is 16.5. The van der Waals surface area contributed by atoms with Gasteiger partial charge >= 0.3 is 0 Å². The second-order valence-corrected chi connectivity index (χ2v) is 6.84. The lowest BCUT2D eigenvalue weighted by atomic mass is 10.0. The van der Waals surface area contributed by atoms with Crippen LogP contribution in [0, 0.1) is 0 Å². The molecular weight excluding hydrogens is 266 g/mol. The van der Waals surface area contributed by atoms with Crippen LogP contribution in [-0.4, -0.2) is 59.8 Å².